The van der Waals surface area contributed by atoms with E-state index in [1.165, 1.54) is 33.9 Å². The lowest BCUT2D eigenvalue weighted by Gasteiger charge is -2.33. The number of amides is 2. The first kappa shape index (κ1) is 24.0. The van der Waals surface area contributed by atoms with Crippen LogP contribution >= 0.6 is 23.2 Å². The summed E-state index contributed by atoms with van der Waals surface area (Å²) in [4.78, 5) is 25.1. The highest BCUT2D eigenvalue weighted by Crippen LogP contribution is 2.43. The van der Waals surface area contributed by atoms with E-state index in [-0.39, 0.29) is 64.2 Å². The zero-order chi connectivity index (χ0) is 24.8. The van der Waals surface area contributed by atoms with Crippen molar-refractivity contribution in [2.24, 2.45) is 5.73 Å². The van der Waals surface area contributed by atoms with Gasteiger partial charge in [-0.15, -0.1) is 0 Å². The van der Waals surface area contributed by atoms with Crippen molar-refractivity contribution in [3.05, 3.63) is 69.9 Å². The van der Waals surface area contributed by atoms with Gasteiger partial charge in [0.05, 0.1) is 26.5 Å². The lowest BCUT2D eigenvalue weighted by molar-refractivity contribution is -0.125. The number of primary amides is 1. The second kappa shape index (κ2) is 8.88. The van der Waals surface area contributed by atoms with Gasteiger partial charge in [0.2, 0.25) is 11.8 Å². The molecule has 0 bridgehead atoms. The molecular formula is C23H21Cl2F2N5O2. The van der Waals surface area contributed by atoms with E-state index in [0.717, 1.165) is 0 Å². The molecule has 1 aliphatic heterocycles. The summed E-state index contributed by atoms with van der Waals surface area (Å²) >= 11 is 12.6. The van der Waals surface area contributed by atoms with Gasteiger partial charge in [0.25, 0.3) is 0 Å². The molecule has 3 aromatic rings. The predicted octanol–water partition coefficient (Wildman–Crippen LogP) is 4.14. The quantitative estimate of drug-likeness (QED) is 0.387. The Morgan fingerprint density at radius 2 is 2.03 bits per heavy atom. The van der Waals surface area contributed by atoms with Crippen LogP contribution in [0.15, 0.2) is 36.9 Å². The van der Waals surface area contributed by atoms with E-state index >= 15 is 8.78 Å². The van der Waals surface area contributed by atoms with Crippen molar-refractivity contribution >= 4 is 51.6 Å². The van der Waals surface area contributed by atoms with Gasteiger partial charge in [-0.25, -0.2) is 8.78 Å². The van der Waals surface area contributed by atoms with Crippen molar-refractivity contribution in [3.8, 4) is 0 Å². The second-order valence-electron chi connectivity index (χ2n) is 8.20. The molecule has 1 aliphatic rings. The van der Waals surface area contributed by atoms with Crippen LogP contribution in [0.5, 0.6) is 0 Å². The van der Waals surface area contributed by atoms with E-state index < -0.39 is 23.1 Å². The number of rotatable bonds is 6. The number of carbonyl (C=O) groups excluding carboxylic acids is 2. The monoisotopic (exact) mass is 507 g/mol. The summed E-state index contributed by atoms with van der Waals surface area (Å²) in [6, 6.07) is 5.38. The van der Waals surface area contributed by atoms with Crippen LogP contribution in [0.2, 0.25) is 10.0 Å². The van der Waals surface area contributed by atoms with Crippen molar-refractivity contribution in [2.75, 3.05) is 18.4 Å². The lowest BCUT2D eigenvalue weighted by Crippen LogP contribution is -2.41. The van der Waals surface area contributed by atoms with Crippen LogP contribution < -0.4 is 11.1 Å². The molecular weight excluding hydrogens is 487 g/mol. The van der Waals surface area contributed by atoms with Crippen LogP contribution in [-0.4, -0.2) is 39.6 Å². The van der Waals surface area contributed by atoms with Crippen molar-refractivity contribution in [1.82, 2.24) is 14.7 Å². The van der Waals surface area contributed by atoms with Crippen molar-refractivity contribution in [2.45, 2.75) is 25.4 Å². The molecule has 178 valence electrons. The second-order valence-corrected chi connectivity index (χ2v) is 8.99. The molecule has 3 N–H and O–H groups in total. The Bertz CT molecular complexity index is 1340. The minimum absolute atomic E-state index is 0.00481. The van der Waals surface area contributed by atoms with Crippen LogP contribution in [0, 0.1) is 18.6 Å². The predicted molar refractivity (Wildman–Crippen MR) is 127 cm³/mol. The molecule has 7 nitrogen and oxygen atoms in total. The maximum atomic E-state index is 15.1. The molecule has 0 radical (unpaired) electrons. The third kappa shape index (κ3) is 4.10. The Hall–Kier alpha value is -3.17. The van der Waals surface area contributed by atoms with E-state index in [0.29, 0.717) is 5.69 Å². The summed E-state index contributed by atoms with van der Waals surface area (Å²) in [6.45, 7) is 5.28. The number of aryl methyl sites for hydroxylation is 1. The number of halogens is 4. The number of hydrogen-bond acceptors (Lipinski definition) is 4. The smallest absolute Gasteiger partial charge is 0.246 e. The molecule has 0 saturated carbocycles. The van der Waals surface area contributed by atoms with Gasteiger partial charge in [0.1, 0.15) is 18.2 Å². The molecule has 4 rings (SSSR count). The Morgan fingerprint density at radius 1 is 1.29 bits per heavy atom. The van der Waals surface area contributed by atoms with E-state index in [9.17, 15) is 9.59 Å². The van der Waals surface area contributed by atoms with Crippen molar-refractivity contribution in [1.29, 1.82) is 0 Å². The summed E-state index contributed by atoms with van der Waals surface area (Å²) < 4.78 is 31.6. The molecule has 1 fully saturated rings. The van der Waals surface area contributed by atoms with Gasteiger partial charge in [-0.05, 0) is 43.7 Å². The number of anilines is 1. The third-order valence-corrected chi connectivity index (χ3v) is 6.82. The number of nitrogens with zero attached hydrogens (tertiary/aromatic N) is 3. The first-order chi connectivity index (χ1) is 16.1. The van der Waals surface area contributed by atoms with Crippen LogP contribution in [0.4, 0.5) is 14.5 Å². The highest BCUT2D eigenvalue weighted by Gasteiger charge is 2.44. The molecule has 1 aromatic heterocycles. The maximum Gasteiger partial charge on any atom is 0.246 e. The molecule has 2 heterocycles. The van der Waals surface area contributed by atoms with Gasteiger partial charge < -0.3 is 16.0 Å². The van der Waals surface area contributed by atoms with E-state index in [1.807, 2.05) is 0 Å². The standard InChI is InChI=1S/C23H21Cl2F2N5O2/c1-3-19(34)31-7-6-23(11-31,21-15(26)5-4-14(24)22(21)25)29-13-8-16(27)20-12(2)32(10-18(28)33)30-17(20)9-13/h3-5,8-9,29H,1,6-7,10-11H2,2H3,(H2,28,33). The molecule has 1 unspecified atom stereocenters. The van der Waals surface area contributed by atoms with Gasteiger partial charge in [-0.2, -0.15) is 5.10 Å². The average molecular weight is 508 g/mol. The van der Waals surface area contributed by atoms with Gasteiger partial charge in [0, 0.05) is 30.0 Å². The Balaban J connectivity index is 1.83. The number of hydrogen-bond donors (Lipinski definition) is 2. The fourth-order valence-electron chi connectivity index (χ4n) is 4.47. The van der Waals surface area contributed by atoms with Crippen molar-refractivity contribution < 1.29 is 18.4 Å². The van der Waals surface area contributed by atoms with Gasteiger partial charge >= 0.3 is 0 Å². The first-order valence-corrected chi connectivity index (χ1v) is 11.1. The molecule has 11 heteroatoms. The van der Waals surface area contributed by atoms with Crippen LogP contribution in [-0.2, 0) is 21.7 Å². The molecule has 0 spiro atoms. The van der Waals surface area contributed by atoms with Crippen molar-refractivity contribution in [3.63, 3.8) is 0 Å². The normalized spacial score (nSPS) is 17.9. The SMILES string of the molecule is C=CC(=O)N1CCC(Nc2cc(F)c3c(C)n(CC(N)=O)nc3c2)(c2c(F)ccc(Cl)c2Cl)C1. The number of benzene rings is 2. The zero-order valence-electron chi connectivity index (χ0n) is 18.2. The van der Waals surface area contributed by atoms with E-state index in [1.54, 1.807) is 13.0 Å². The van der Waals surface area contributed by atoms with Crippen LogP contribution in [0.3, 0.4) is 0 Å². The van der Waals surface area contributed by atoms with E-state index in [2.05, 4.69) is 17.0 Å². The van der Waals surface area contributed by atoms with Gasteiger partial charge in [-0.3, -0.25) is 14.3 Å². The Labute approximate surface area is 204 Å². The van der Waals surface area contributed by atoms with Crippen LogP contribution in [0.25, 0.3) is 10.9 Å². The largest absolute Gasteiger partial charge is 0.373 e. The van der Waals surface area contributed by atoms with Gasteiger partial charge in [0.15, 0.2) is 0 Å². The first-order valence-electron chi connectivity index (χ1n) is 10.3. The molecule has 1 atom stereocenters. The molecule has 34 heavy (non-hydrogen) atoms. The fraction of sp³-hybridized carbons (Fsp3) is 0.261. The topological polar surface area (TPSA) is 93.3 Å². The number of aromatic nitrogens is 2. The number of fused-ring (bicyclic) bond motifs is 1. The summed E-state index contributed by atoms with van der Waals surface area (Å²) in [7, 11) is 0. The third-order valence-electron chi connectivity index (χ3n) is 6.01. The summed E-state index contributed by atoms with van der Waals surface area (Å²) in [5.41, 5.74) is 5.16. The Kier molecular flexibility index (Phi) is 6.26. The summed E-state index contributed by atoms with van der Waals surface area (Å²) in [6.07, 6.45) is 1.45. The lowest BCUT2D eigenvalue weighted by atomic mass is 9.87. The number of nitrogens with one attached hydrogen (secondary N) is 1. The summed E-state index contributed by atoms with van der Waals surface area (Å²) in [5, 5.41) is 7.88. The van der Waals surface area contributed by atoms with Crippen LogP contribution in [0.1, 0.15) is 17.7 Å². The number of carbonyl (C=O) groups is 2. The minimum Gasteiger partial charge on any atom is -0.373 e. The average Bonchev–Trinajstić information content (AvgIpc) is 3.32. The highest BCUT2D eigenvalue weighted by atomic mass is 35.5. The van der Waals surface area contributed by atoms with Gasteiger partial charge in [-0.1, -0.05) is 29.8 Å². The molecule has 2 amide bonds. The maximum absolute atomic E-state index is 15.1. The van der Waals surface area contributed by atoms with E-state index in [4.69, 9.17) is 28.9 Å². The zero-order valence-corrected chi connectivity index (χ0v) is 19.7. The molecule has 0 aliphatic carbocycles. The highest BCUT2D eigenvalue weighted by molar-refractivity contribution is 6.42. The fourth-order valence-corrected chi connectivity index (χ4v) is 4.97. The minimum atomic E-state index is -1.20. The molecule has 2 aromatic carbocycles. The number of likely N-dealkylation sites (tertiary alicyclic amines) is 1. The Morgan fingerprint density at radius 3 is 2.71 bits per heavy atom. The molecule has 1 saturated heterocycles. The summed E-state index contributed by atoms with van der Waals surface area (Å²) in [5.74, 6) is -2.14. The number of nitrogens with two attached hydrogens (primary N) is 1.